The molecule has 4 rings (SSSR count). The van der Waals surface area contributed by atoms with Crippen molar-refractivity contribution in [3.8, 4) is 5.88 Å². The van der Waals surface area contributed by atoms with E-state index >= 15 is 0 Å². The van der Waals surface area contributed by atoms with Gasteiger partial charge in [-0.25, -0.2) is 15.0 Å². The average Bonchev–Trinajstić information content (AvgIpc) is 3.40. The summed E-state index contributed by atoms with van der Waals surface area (Å²) in [5.74, 6) is 1.26. The summed E-state index contributed by atoms with van der Waals surface area (Å²) in [5, 5.41) is 8.53. The fourth-order valence-electron chi connectivity index (χ4n) is 2.81. The average molecular weight is 354 g/mol. The lowest BCUT2D eigenvalue weighted by molar-refractivity contribution is 0.122. The fourth-order valence-corrected chi connectivity index (χ4v) is 2.81. The molecule has 2 aromatic heterocycles. The number of nitrogen functional groups attached to an aromatic ring is 1. The van der Waals surface area contributed by atoms with Gasteiger partial charge in [-0.2, -0.15) is 0 Å². The van der Waals surface area contributed by atoms with E-state index in [-0.39, 0.29) is 11.3 Å². The van der Waals surface area contributed by atoms with Crippen molar-refractivity contribution in [2.45, 2.75) is 25.4 Å². The van der Waals surface area contributed by atoms with Crippen LogP contribution >= 0.6 is 0 Å². The molecule has 8 nitrogen and oxygen atoms in total. The third-order valence-electron chi connectivity index (χ3n) is 4.69. The summed E-state index contributed by atoms with van der Waals surface area (Å²) in [6.07, 6.45) is 3.50. The SMILES string of the molecule is CC1(Oc2ccc(N)c(C(=N)c3cc(N4CCOCC4)ncn3)n2)CC1. The second kappa shape index (κ2) is 6.53. The Morgan fingerprint density at radius 3 is 2.77 bits per heavy atom. The Labute approximate surface area is 151 Å². The first-order chi connectivity index (χ1) is 12.5. The van der Waals surface area contributed by atoms with E-state index in [1.165, 1.54) is 6.33 Å². The van der Waals surface area contributed by atoms with Crippen molar-refractivity contribution in [3.05, 3.63) is 35.9 Å². The molecule has 0 atom stereocenters. The zero-order valence-corrected chi connectivity index (χ0v) is 14.7. The number of morpholine rings is 1. The molecule has 0 unspecified atom stereocenters. The number of nitrogens with zero attached hydrogens (tertiary/aromatic N) is 4. The number of hydrogen-bond acceptors (Lipinski definition) is 8. The van der Waals surface area contributed by atoms with E-state index in [1.807, 2.05) is 0 Å². The van der Waals surface area contributed by atoms with E-state index in [9.17, 15) is 0 Å². The number of nitrogens with one attached hydrogen (secondary N) is 1. The van der Waals surface area contributed by atoms with Gasteiger partial charge in [0.05, 0.1) is 24.6 Å². The molecule has 0 bridgehead atoms. The number of nitrogens with two attached hydrogens (primary N) is 1. The van der Waals surface area contributed by atoms with Gasteiger partial charge in [0.1, 0.15) is 29.2 Å². The molecule has 26 heavy (non-hydrogen) atoms. The van der Waals surface area contributed by atoms with Crippen LogP contribution in [0.4, 0.5) is 11.5 Å². The Hall–Kier alpha value is -2.74. The van der Waals surface area contributed by atoms with Gasteiger partial charge in [0.25, 0.3) is 0 Å². The van der Waals surface area contributed by atoms with Gasteiger partial charge in [-0.3, -0.25) is 5.41 Å². The first-order valence-electron chi connectivity index (χ1n) is 8.74. The highest BCUT2D eigenvalue weighted by Gasteiger charge is 2.40. The van der Waals surface area contributed by atoms with E-state index in [0.717, 1.165) is 31.7 Å². The van der Waals surface area contributed by atoms with Crippen LogP contribution in [0.5, 0.6) is 5.88 Å². The summed E-state index contributed by atoms with van der Waals surface area (Å²) in [4.78, 5) is 15.1. The Kier molecular flexibility index (Phi) is 4.20. The van der Waals surface area contributed by atoms with Crippen molar-refractivity contribution in [3.63, 3.8) is 0 Å². The molecule has 3 N–H and O–H groups in total. The lowest BCUT2D eigenvalue weighted by Crippen LogP contribution is -2.36. The maximum atomic E-state index is 8.53. The molecule has 0 amide bonds. The van der Waals surface area contributed by atoms with E-state index < -0.39 is 0 Å². The van der Waals surface area contributed by atoms with Gasteiger partial charge in [0, 0.05) is 25.2 Å². The van der Waals surface area contributed by atoms with Gasteiger partial charge in [0.15, 0.2) is 0 Å². The number of anilines is 2. The van der Waals surface area contributed by atoms with Crippen LogP contribution < -0.4 is 15.4 Å². The predicted molar refractivity (Wildman–Crippen MR) is 97.9 cm³/mol. The maximum Gasteiger partial charge on any atom is 0.214 e. The molecule has 1 aliphatic carbocycles. The maximum absolute atomic E-state index is 8.53. The first-order valence-corrected chi connectivity index (χ1v) is 8.74. The molecular formula is C18H22N6O2. The van der Waals surface area contributed by atoms with Crippen molar-refractivity contribution in [2.75, 3.05) is 36.9 Å². The van der Waals surface area contributed by atoms with Gasteiger partial charge in [-0.05, 0) is 25.8 Å². The second-order valence-corrected chi connectivity index (χ2v) is 6.88. The molecule has 8 heteroatoms. The molecule has 0 spiro atoms. The standard InChI is InChI=1S/C18H22N6O2/c1-18(4-5-18)26-15-3-2-12(19)17(23-15)16(20)13-10-14(22-11-21-13)24-6-8-25-9-7-24/h2-3,10-11,20H,4-9,19H2,1H3. The van der Waals surface area contributed by atoms with Gasteiger partial charge in [-0.15, -0.1) is 0 Å². The highest BCUT2D eigenvalue weighted by atomic mass is 16.5. The zero-order valence-electron chi connectivity index (χ0n) is 14.7. The number of hydrogen-bond donors (Lipinski definition) is 2. The number of rotatable bonds is 5. The monoisotopic (exact) mass is 354 g/mol. The van der Waals surface area contributed by atoms with Crippen LogP contribution in [-0.2, 0) is 4.74 Å². The molecule has 1 aliphatic heterocycles. The Balaban J connectivity index is 1.59. The Morgan fingerprint density at radius 1 is 1.27 bits per heavy atom. The molecule has 2 fully saturated rings. The van der Waals surface area contributed by atoms with Crippen molar-refractivity contribution in [1.82, 2.24) is 15.0 Å². The normalized spacial score (nSPS) is 18.4. The minimum atomic E-state index is -0.138. The van der Waals surface area contributed by atoms with Crippen LogP contribution in [0.15, 0.2) is 24.5 Å². The largest absolute Gasteiger partial charge is 0.471 e. The van der Waals surface area contributed by atoms with Crippen LogP contribution in [0, 0.1) is 5.41 Å². The van der Waals surface area contributed by atoms with Gasteiger partial charge in [0.2, 0.25) is 5.88 Å². The fraction of sp³-hybridized carbons (Fsp3) is 0.444. The molecule has 2 aromatic rings. The van der Waals surface area contributed by atoms with Crippen LogP contribution in [0.3, 0.4) is 0 Å². The molecule has 3 heterocycles. The van der Waals surface area contributed by atoms with E-state index in [4.69, 9.17) is 20.6 Å². The summed E-state index contributed by atoms with van der Waals surface area (Å²) in [6.45, 7) is 4.93. The molecule has 0 radical (unpaired) electrons. The van der Waals surface area contributed by atoms with Crippen molar-refractivity contribution in [2.24, 2.45) is 0 Å². The van der Waals surface area contributed by atoms with E-state index in [2.05, 4.69) is 26.8 Å². The highest BCUT2D eigenvalue weighted by molar-refractivity contribution is 6.11. The second-order valence-electron chi connectivity index (χ2n) is 6.88. The lowest BCUT2D eigenvalue weighted by Gasteiger charge is -2.27. The zero-order chi connectivity index (χ0) is 18.1. The Bertz CT molecular complexity index is 830. The van der Waals surface area contributed by atoms with Gasteiger partial charge >= 0.3 is 0 Å². The van der Waals surface area contributed by atoms with E-state index in [1.54, 1.807) is 18.2 Å². The van der Waals surface area contributed by atoms with Crippen LogP contribution in [0.1, 0.15) is 31.2 Å². The number of ether oxygens (including phenoxy) is 2. The molecule has 2 aliphatic rings. The summed E-state index contributed by atoms with van der Waals surface area (Å²) >= 11 is 0. The van der Waals surface area contributed by atoms with Crippen molar-refractivity contribution < 1.29 is 9.47 Å². The minimum absolute atomic E-state index is 0.138. The van der Waals surface area contributed by atoms with E-state index in [0.29, 0.717) is 36.2 Å². The third-order valence-corrected chi connectivity index (χ3v) is 4.69. The summed E-state index contributed by atoms with van der Waals surface area (Å²) in [6, 6.07) is 5.27. The smallest absolute Gasteiger partial charge is 0.214 e. The summed E-state index contributed by atoms with van der Waals surface area (Å²) < 4.78 is 11.3. The van der Waals surface area contributed by atoms with Gasteiger partial charge in [-0.1, -0.05) is 0 Å². The minimum Gasteiger partial charge on any atom is -0.471 e. The Morgan fingerprint density at radius 2 is 2.04 bits per heavy atom. The first kappa shape index (κ1) is 16.7. The number of pyridine rings is 1. The van der Waals surface area contributed by atoms with Crippen molar-refractivity contribution >= 4 is 17.2 Å². The molecule has 1 saturated carbocycles. The van der Waals surface area contributed by atoms with Gasteiger partial charge < -0.3 is 20.1 Å². The molecule has 0 aromatic carbocycles. The summed E-state index contributed by atoms with van der Waals surface area (Å²) in [5.41, 5.74) is 7.36. The quantitative estimate of drug-likeness (QED) is 0.785. The predicted octanol–water partition coefficient (Wildman–Crippen LogP) is 1.64. The third kappa shape index (κ3) is 3.45. The lowest BCUT2D eigenvalue weighted by atomic mass is 10.1. The summed E-state index contributed by atoms with van der Waals surface area (Å²) in [7, 11) is 0. The molecule has 136 valence electrons. The number of aromatic nitrogens is 3. The molecular weight excluding hydrogens is 332 g/mol. The topological polar surface area (TPSA) is 110 Å². The van der Waals surface area contributed by atoms with Crippen LogP contribution in [0.2, 0.25) is 0 Å². The molecule has 1 saturated heterocycles. The van der Waals surface area contributed by atoms with Crippen molar-refractivity contribution in [1.29, 1.82) is 5.41 Å². The van der Waals surface area contributed by atoms with Crippen LogP contribution in [-0.4, -0.2) is 52.6 Å². The highest BCUT2D eigenvalue weighted by Crippen LogP contribution is 2.39. The van der Waals surface area contributed by atoms with Crippen LogP contribution in [0.25, 0.3) is 0 Å².